The van der Waals surface area contributed by atoms with E-state index in [0.717, 1.165) is 35.9 Å². The maximum Gasteiger partial charge on any atom is 0.0694 e. The number of nitrogens with zero attached hydrogens (tertiary/aromatic N) is 2. The number of nitrogens with one attached hydrogen (secondary N) is 1. The van der Waals surface area contributed by atoms with Gasteiger partial charge in [0.2, 0.25) is 0 Å². The molecular formula is C16H22ClN3. The topological polar surface area (TPSA) is 29.9 Å². The van der Waals surface area contributed by atoms with Crippen LogP contribution in [-0.2, 0) is 6.54 Å². The van der Waals surface area contributed by atoms with E-state index in [2.05, 4.69) is 31.2 Å². The van der Waals surface area contributed by atoms with Crippen LogP contribution < -0.4 is 5.32 Å². The van der Waals surface area contributed by atoms with E-state index in [-0.39, 0.29) is 0 Å². The zero-order valence-corrected chi connectivity index (χ0v) is 13.4. The van der Waals surface area contributed by atoms with Gasteiger partial charge in [0.15, 0.2) is 0 Å². The van der Waals surface area contributed by atoms with Gasteiger partial charge in [-0.1, -0.05) is 18.5 Å². The first-order valence-electron chi connectivity index (χ1n) is 7.07. The highest BCUT2D eigenvalue weighted by atomic mass is 35.5. The largest absolute Gasteiger partial charge is 0.313 e. The molecule has 0 radical (unpaired) electrons. The minimum absolute atomic E-state index is 0.764. The molecule has 1 aromatic heterocycles. The van der Waals surface area contributed by atoms with E-state index < -0.39 is 0 Å². The summed E-state index contributed by atoms with van der Waals surface area (Å²) < 4.78 is 2.02. The summed E-state index contributed by atoms with van der Waals surface area (Å²) in [5.74, 6) is 0. The third-order valence-corrected chi connectivity index (χ3v) is 3.90. The Kier molecular flexibility index (Phi) is 4.84. The van der Waals surface area contributed by atoms with Crippen molar-refractivity contribution in [1.29, 1.82) is 0 Å². The molecule has 2 aromatic rings. The number of benzene rings is 1. The summed E-state index contributed by atoms with van der Waals surface area (Å²) in [6.07, 6.45) is 1.12. The minimum atomic E-state index is 0.764. The Labute approximate surface area is 126 Å². The molecule has 0 atom stereocenters. The first-order valence-corrected chi connectivity index (χ1v) is 7.44. The number of aryl methyl sites for hydroxylation is 1. The Morgan fingerprint density at radius 2 is 2.00 bits per heavy atom. The summed E-state index contributed by atoms with van der Waals surface area (Å²) in [4.78, 5) is 0. The van der Waals surface area contributed by atoms with Crippen molar-refractivity contribution in [2.75, 3.05) is 6.54 Å². The van der Waals surface area contributed by atoms with E-state index in [4.69, 9.17) is 11.6 Å². The fourth-order valence-electron chi connectivity index (χ4n) is 2.26. The summed E-state index contributed by atoms with van der Waals surface area (Å²) >= 11 is 6.14. The molecule has 1 aromatic carbocycles. The molecule has 3 nitrogen and oxygen atoms in total. The van der Waals surface area contributed by atoms with E-state index in [0.29, 0.717) is 0 Å². The fourth-order valence-corrected chi connectivity index (χ4v) is 2.45. The molecule has 0 saturated heterocycles. The van der Waals surface area contributed by atoms with E-state index in [1.165, 1.54) is 16.8 Å². The van der Waals surface area contributed by atoms with Crippen LogP contribution in [0.5, 0.6) is 0 Å². The summed E-state index contributed by atoms with van der Waals surface area (Å²) in [6, 6.07) is 5.99. The second kappa shape index (κ2) is 6.42. The molecule has 0 spiro atoms. The van der Waals surface area contributed by atoms with Crippen LogP contribution in [0.2, 0.25) is 5.02 Å². The molecular weight excluding hydrogens is 270 g/mol. The van der Waals surface area contributed by atoms with Crippen LogP contribution in [0.3, 0.4) is 0 Å². The van der Waals surface area contributed by atoms with Crippen LogP contribution in [0, 0.1) is 20.8 Å². The van der Waals surface area contributed by atoms with Gasteiger partial charge in [-0.25, -0.2) is 4.68 Å². The maximum absolute atomic E-state index is 6.14. The van der Waals surface area contributed by atoms with Gasteiger partial charge in [-0.3, -0.25) is 0 Å². The quantitative estimate of drug-likeness (QED) is 0.845. The minimum Gasteiger partial charge on any atom is -0.313 e. The molecule has 1 heterocycles. The Bertz CT molecular complexity index is 602. The summed E-state index contributed by atoms with van der Waals surface area (Å²) in [5.41, 5.74) is 5.78. The standard InChI is InChI=1S/C16H22ClN3/c1-5-8-18-10-14-9-15(17)6-7-16(14)20-13(4)11(2)12(3)19-20/h6-7,9,18H,5,8,10H2,1-4H3. The Morgan fingerprint density at radius 1 is 1.25 bits per heavy atom. The maximum atomic E-state index is 6.14. The van der Waals surface area contributed by atoms with Crippen molar-refractivity contribution in [2.45, 2.75) is 40.7 Å². The Balaban J connectivity index is 2.42. The number of aromatic nitrogens is 2. The molecule has 20 heavy (non-hydrogen) atoms. The molecule has 108 valence electrons. The lowest BCUT2D eigenvalue weighted by Gasteiger charge is -2.12. The van der Waals surface area contributed by atoms with Crippen molar-refractivity contribution in [2.24, 2.45) is 0 Å². The van der Waals surface area contributed by atoms with Crippen LogP contribution in [0.4, 0.5) is 0 Å². The summed E-state index contributed by atoms with van der Waals surface area (Å²) in [6.45, 7) is 10.2. The molecule has 0 fully saturated rings. The zero-order valence-electron chi connectivity index (χ0n) is 12.6. The van der Waals surface area contributed by atoms with Gasteiger partial charge in [0.05, 0.1) is 11.4 Å². The van der Waals surface area contributed by atoms with Crippen molar-refractivity contribution in [1.82, 2.24) is 15.1 Å². The van der Waals surface area contributed by atoms with Gasteiger partial charge in [-0.15, -0.1) is 0 Å². The molecule has 1 N–H and O–H groups in total. The third kappa shape index (κ3) is 3.05. The second-order valence-electron chi connectivity index (χ2n) is 5.16. The van der Waals surface area contributed by atoms with E-state index in [1.807, 2.05) is 29.8 Å². The first kappa shape index (κ1) is 15.1. The van der Waals surface area contributed by atoms with Gasteiger partial charge in [-0.05, 0) is 63.1 Å². The number of halogens is 1. The number of hydrogen-bond acceptors (Lipinski definition) is 2. The summed E-state index contributed by atoms with van der Waals surface area (Å²) in [5, 5.41) is 8.84. The number of rotatable bonds is 5. The molecule has 0 unspecified atom stereocenters. The zero-order chi connectivity index (χ0) is 14.7. The predicted octanol–water partition coefficient (Wildman–Crippen LogP) is 3.95. The van der Waals surface area contributed by atoms with Gasteiger partial charge in [0.1, 0.15) is 0 Å². The van der Waals surface area contributed by atoms with E-state index in [9.17, 15) is 0 Å². The highest BCUT2D eigenvalue weighted by Crippen LogP contribution is 2.23. The third-order valence-electron chi connectivity index (χ3n) is 3.67. The highest BCUT2D eigenvalue weighted by Gasteiger charge is 2.12. The van der Waals surface area contributed by atoms with Crippen molar-refractivity contribution < 1.29 is 0 Å². The van der Waals surface area contributed by atoms with Crippen molar-refractivity contribution in [3.8, 4) is 5.69 Å². The van der Waals surface area contributed by atoms with Crippen LogP contribution in [0.15, 0.2) is 18.2 Å². The van der Waals surface area contributed by atoms with Crippen molar-refractivity contribution >= 4 is 11.6 Å². The Hall–Kier alpha value is -1.32. The molecule has 2 rings (SSSR count). The van der Waals surface area contributed by atoms with E-state index >= 15 is 0 Å². The predicted molar refractivity (Wildman–Crippen MR) is 84.8 cm³/mol. The summed E-state index contributed by atoms with van der Waals surface area (Å²) in [7, 11) is 0. The lowest BCUT2D eigenvalue weighted by Crippen LogP contribution is -2.16. The first-order chi connectivity index (χ1) is 9.54. The monoisotopic (exact) mass is 291 g/mol. The van der Waals surface area contributed by atoms with Gasteiger partial charge < -0.3 is 5.32 Å². The molecule has 0 aliphatic rings. The van der Waals surface area contributed by atoms with Gasteiger partial charge in [0, 0.05) is 17.3 Å². The van der Waals surface area contributed by atoms with Crippen molar-refractivity contribution in [3.63, 3.8) is 0 Å². The van der Waals surface area contributed by atoms with Gasteiger partial charge in [-0.2, -0.15) is 5.10 Å². The average molecular weight is 292 g/mol. The average Bonchev–Trinajstić information content (AvgIpc) is 2.67. The molecule has 0 aliphatic carbocycles. The number of hydrogen-bond donors (Lipinski definition) is 1. The highest BCUT2D eigenvalue weighted by molar-refractivity contribution is 6.30. The lowest BCUT2D eigenvalue weighted by molar-refractivity contribution is 0.669. The molecule has 0 aliphatic heterocycles. The Morgan fingerprint density at radius 3 is 2.60 bits per heavy atom. The fraction of sp³-hybridized carbons (Fsp3) is 0.438. The molecule has 0 bridgehead atoms. The van der Waals surface area contributed by atoms with Crippen molar-refractivity contribution in [3.05, 3.63) is 45.7 Å². The smallest absolute Gasteiger partial charge is 0.0694 e. The normalized spacial score (nSPS) is 11.1. The van der Waals surface area contributed by atoms with Crippen LogP contribution in [0.1, 0.15) is 35.9 Å². The van der Waals surface area contributed by atoms with Gasteiger partial charge >= 0.3 is 0 Å². The van der Waals surface area contributed by atoms with Crippen LogP contribution >= 0.6 is 11.6 Å². The van der Waals surface area contributed by atoms with Crippen LogP contribution in [0.25, 0.3) is 5.69 Å². The van der Waals surface area contributed by atoms with Gasteiger partial charge in [0.25, 0.3) is 0 Å². The lowest BCUT2D eigenvalue weighted by atomic mass is 10.1. The molecule has 0 amide bonds. The van der Waals surface area contributed by atoms with E-state index in [1.54, 1.807) is 0 Å². The molecule has 4 heteroatoms. The SMILES string of the molecule is CCCNCc1cc(Cl)ccc1-n1nc(C)c(C)c1C. The molecule has 0 saturated carbocycles. The van der Waals surface area contributed by atoms with Crippen LogP contribution in [-0.4, -0.2) is 16.3 Å². The second-order valence-corrected chi connectivity index (χ2v) is 5.59.